The van der Waals surface area contributed by atoms with Crippen molar-refractivity contribution in [3.05, 3.63) is 60.8 Å². The maximum atomic E-state index is 11.9. The monoisotopic (exact) mass is 511 g/mol. The van der Waals surface area contributed by atoms with Crippen molar-refractivity contribution >= 4 is 45.3 Å². The number of nitrogens with zero attached hydrogens (tertiary/aromatic N) is 4. The maximum Gasteiger partial charge on any atom is 0.238 e. The molecule has 192 valence electrons. The number of nitrogens with one attached hydrogen (secondary N) is 1. The molecule has 0 aliphatic carbocycles. The van der Waals surface area contributed by atoms with Crippen LogP contribution in [0.5, 0.6) is 11.5 Å². The summed E-state index contributed by atoms with van der Waals surface area (Å²) in [4.78, 5) is 28.2. The van der Waals surface area contributed by atoms with Crippen molar-refractivity contribution in [3.63, 3.8) is 0 Å². The summed E-state index contributed by atoms with van der Waals surface area (Å²) in [7, 11) is 0. The molecule has 1 aliphatic heterocycles. The maximum absolute atomic E-state index is 11.9. The second-order valence-corrected chi connectivity index (χ2v) is 8.74. The van der Waals surface area contributed by atoms with Crippen molar-refractivity contribution in [2.24, 2.45) is 5.73 Å². The highest BCUT2D eigenvalue weighted by molar-refractivity contribution is 6.05. The molecule has 1 fully saturated rings. The van der Waals surface area contributed by atoms with E-state index in [9.17, 15) is 4.79 Å². The molecular weight excluding hydrogens is 486 g/mol. The van der Waals surface area contributed by atoms with E-state index in [2.05, 4.69) is 15.2 Å². The summed E-state index contributed by atoms with van der Waals surface area (Å²) in [6.07, 6.45) is 1.69. The Kier molecular flexibility index (Phi) is 6.20. The molecule has 0 radical (unpaired) electrons. The highest BCUT2D eigenvalue weighted by Crippen LogP contribution is 2.36. The number of carbonyl (C=O) groups is 1. The molecule has 0 unspecified atom stereocenters. The average Bonchev–Trinajstić information content (AvgIpc) is 3.33. The number of hydrogen-bond acceptors (Lipinski definition) is 10. The zero-order chi connectivity index (χ0) is 26.1. The highest BCUT2D eigenvalue weighted by Gasteiger charge is 2.23. The predicted molar refractivity (Wildman–Crippen MR) is 144 cm³/mol. The van der Waals surface area contributed by atoms with Crippen LogP contribution in [0.2, 0.25) is 0 Å². The molecule has 11 heteroatoms. The smallest absolute Gasteiger partial charge is 0.238 e. The van der Waals surface area contributed by atoms with Gasteiger partial charge in [0.05, 0.1) is 30.8 Å². The van der Waals surface area contributed by atoms with E-state index in [1.54, 1.807) is 24.4 Å². The Hall–Kier alpha value is -4.74. The molecule has 1 aliphatic rings. The van der Waals surface area contributed by atoms with Crippen molar-refractivity contribution < 1.29 is 18.7 Å². The minimum atomic E-state index is -0.353. The number of fused-ring (bicyclic) bond motifs is 3. The normalized spacial score (nSPS) is 13.7. The fraction of sp³-hybridized carbons (Fsp3) is 0.185. The number of furan rings is 1. The van der Waals surface area contributed by atoms with E-state index in [1.807, 2.05) is 36.4 Å². The van der Waals surface area contributed by atoms with Gasteiger partial charge >= 0.3 is 0 Å². The largest absolute Gasteiger partial charge is 0.455 e. The van der Waals surface area contributed by atoms with Crippen LogP contribution in [0.1, 0.15) is 0 Å². The molecule has 2 aromatic carbocycles. The number of ether oxygens (including phenoxy) is 2. The quantitative estimate of drug-likeness (QED) is 0.288. The summed E-state index contributed by atoms with van der Waals surface area (Å²) in [5, 5.41) is 3.53. The Morgan fingerprint density at radius 3 is 2.79 bits per heavy atom. The molecule has 0 atom stereocenters. The molecule has 0 saturated carbocycles. The molecule has 11 nitrogen and oxygen atoms in total. The summed E-state index contributed by atoms with van der Waals surface area (Å²) >= 11 is 0. The van der Waals surface area contributed by atoms with Gasteiger partial charge in [-0.05, 0) is 42.5 Å². The van der Waals surface area contributed by atoms with E-state index in [-0.39, 0.29) is 12.5 Å². The van der Waals surface area contributed by atoms with Gasteiger partial charge in [0.25, 0.3) is 0 Å². The number of anilines is 3. The number of nitrogen functional groups attached to an aromatic ring is 1. The first-order chi connectivity index (χ1) is 18.6. The third kappa shape index (κ3) is 4.56. The van der Waals surface area contributed by atoms with Gasteiger partial charge in [-0.15, -0.1) is 0 Å². The predicted octanol–water partition coefficient (Wildman–Crippen LogP) is 3.55. The van der Waals surface area contributed by atoms with Crippen molar-refractivity contribution in [3.8, 4) is 22.9 Å². The lowest BCUT2D eigenvalue weighted by Gasteiger charge is -2.27. The topological polar surface area (TPSA) is 155 Å². The number of hydrogen-bond donors (Lipinski definition) is 3. The molecule has 5 aromatic rings. The molecule has 1 saturated heterocycles. The van der Waals surface area contributed by atoms with Gasteiger partial charge in [-0.25, -0.2) is 15.0 Å². The number of pyridine rings is 1. The third-order valence-corrected chi connectivity index (χ3v) is 6.17. The van der Waals surface area contributed by atoms with Crippen LogP contribution in [-0.4, -0.2) is 53.7 Å². The van der Waals surface area contributed by atoms with Crippen LogP contribution in [0.3, 0.4) is 0 Å². The van der Waals surface area contributed by atoms with Crippen LogP contribution < -0.4 is 26.4 Å². The fourth-order valence-electron chi connectivity index (χ4n) is 4.34. The van der Waals surface area contributed by atoms with Crippen LogP contribution in [-0.2, 0) is 9.53 Å². The van der Waals surface area contributed by atoms with Crippen LogP contribution in [0.25, 0.3) is 33.6 Å². The molecule has 4 heterocycles. The van der Waals surface area contributed by atoms with E-state index < -0.39 is 0 Å². The molecule has 0 bridgehead atoms. The second kappa shape index (κ2) is 9.96. The number of carbonyl (C=O) groups excluding carboxylic acids is 1. The minimum absolute atomic E-state index is 0.159. The van der Waals surface area contributed by atoms with Crippen molar-refractivity contribution in [1.82, 2.24) is 15.0 Å². The Morgan fingerprint density at radius 2 is 1.95 bits per heavy atom. The number of amides is 1. The Morgan fingerprint density at radius 1 is 1.08 bits per heavy atom. The Balaban J connectivity index is 1.41. The molecule has 6 rings (SSSR count). The number of nitrogens with two attached hydrogens (primary N) is 2. The molecule has 0 spiro atoms. The van der Waals surface area contributed by atoms with Crippen LogP contribution in [0.4, 0.5) is 17.2 Å². The van der Waals surface area contributed by atoms with E-state index in [1.165, 1.54) is 0 Å². The molecular formula is C27H25N7O4. The first-order valence-corrected chi connectivity index (χ1v) is 12.1. The number of benzene rings is 2. The zero-order valence-electron chi connectivity index (χ0n) is 20.4. The lowest BCUT2D eigenvalue weighted by Crippen LogP contribution is -2.37. The van der Waals surface area contributed by atoms with Crippen LogP contribution in [0, 0.1) is 0 Å². The standard InChI is InChI=1S/C27H25N7O4/c28-15-22(35)31-20-14-17(29)6-7-21(20)37-18-4-1-3-16(13-18)25-32-23-19-5-2-8-30-27(19)38-24(23)26(33-25)34-9-11-36-12-10-34/h1-8,13-14H,9-12,15,28-29H2,(H,31,35). The van der Waals surface area contributed by atoms with Crippen molar-refractivity contribution in [2.75, 3.05) is 48.8 Å². The van der Waals surface area contributed by atoms with Gasteiger partial charge in [0.2, 0.25) is 11.6 Å². The summed E-state index contributed by atoms with van der Waals surface area (Å²) in [5.41, 5.74) is 14.8. The SMILES string of the molecule is NCC(=O)Nc1cc(N)ccc1Oc1cccc(-c2nc(N3CCOCC3)c3oc4ncccc4c3n2)c1. The van der Waals surface area contributed by atoms with Crippen LogP contribution in [0.15, 0.2) is 65.2 Å². The third-order valence-electron chi connectivity index (χ3n) is 6.17. The van der Waals surface area contributed by atoms with E-state index in [0.717, 1.165) is 10.9 Å². The van der Waals surface area contributed by atoms with Gasteiger partial charge in [0.1, 0.15) is 11.3 Å². The van der Waals surface area contributed by atoms with Gasteiger partial charge in [-0.2, -0.15) is 0 Å². The summed E-state index contributed by atoms with van der Waals surface area (Å²) in [6.45, 7) is 2.43. The average molecular weight is 512 g/mol. The lowest BCUT2D eigenvalue weighted by atomic mass is 10.2. The van der Waals surface area contributed by atoms with Crippen molar-refractivity contribution in [2.45, 2.75) is 0 Å². The first kappa shape index (κ1) is 23.6. The summed E-state index contributed by atoms with van der Waals surface area (Å²) in [5.74, 6) is 1.82. The van der Waals surface area contributed by atoms with Crippen molar-refractivity contribution in [1.29, 1.82) is 0 Å². The Labute approximate surface area is 217 Å². The first-order valence-electron chi connectivity index (χ1n) is 12.1. The molecule has 3 aromatic heterocycles. The zero-order valence-corrected chi connectivity index (χ0v) is 20.4. The highest BCUT2D eigenvalue weighted by atomic mass is 16.5. The van der Waals surface area contributed by atoms with E-state index in [0.29, 0.717) is 77.6 Å². The number of aromatic nitrogens is 3. The van der Waals surface area contributed by atoms with Gasteiger partial charge in [-0.3, -0.25) is 4.79 Å². The van der Waals surface area contributed by atoms with Crippen LogP contribution >= 0.6 is 0 Å². The van der Waals surface area contributed by atoms with Gasteiger partial charge < -0.3 is 35.6 Å². The molecule has 38 heavy (non-hydrogen) atoms. The summed E-state index contributed by atoms with van der Waals surface area (Å²) in [6, 6.07) is 16.2. The van der Waals surface area contributed by atoms with Gasteiger partial charge in [-0.1, -0.05) is 12.1 Å². The fourth-order valence-corrected chi connectivity index (χ4v) is 4.34. The minimum Gasteiger partial charge on any atom is -0.455 e. The number of rotatable bonds is 6. The van der Waals surface area contributed by atoms with E-state index >= 15 is 0 Å². The number of morpholine rings is 1. The molecule has 5 N–H and O–H groups in total. The Bertz CT molecular complexity index is 1650. The summed E-state index contributed by atoms with van der Waals surface area (Å²) < 4.78 is 17.8. The second-order valence-electron chi connectivity index (χ2n) is 8.74. The van der Waals surface area contributed by atoms with Gasteiger partial charge in [0, 0.05) is 30.5 Å². The molecule has 1 amide bonds. The van der Waals surface area contributed by atoms with Gasteiger partial charge in [0.15, 0.2) is 23.0 Å². The van der Waals surface area contributed by atoms with E-state index in [4.69, 9.17) is 35.3 Å². The lowest BCUT2D eigenvalue weighted by molar-refractivity contribution is -0.114.